The van der Waals surface area contributed by atoms with Gasteiger partial charge in [-0.15, -0.1) is 0 Å². The lowest BCUT2D eigenvalue weighted by Gasteiger charge is -2.10. The van der Waals surface area contributed by atoms with Crippen molar-refractivity contribution in [2.24, 2.45) is 5.92 Å². The van der Waals surface area contributed by atoms with Gasteiger partial charge < -0.3 is 5.11 Å². The molecule has 0 aliphatic rings. The van der Waals surface area contributed by atoms with E-state index in [9.17, 15) is 5.11 Å². The molecule has 0 spiro atoms. The van der Waals surface area contributed by atoms with Crippen LogP contribution in [0.4, 0.5) is 0 Å². The van der Waals surface area contributed by atoms with Crippen LogP contribution in [0.2, 0.25) is 0 Å². The first-order valence-electron chi connectivity index (χ1n) is 5.76. The van der Waals surface area contributed by atoms with Crippen LogP contribution in [0, 0.1) is 5.92 Å². The van der Waals surface area contributed by atoms with Crippen LogP contribution in [-0.4, -0.2) is 11.2 Å². The lowest BCUT2D eigenvalue weighted by molar-refractivity contribution is 0.136. The number of rotatable bonds is 5. The van der Waals surface area contributed by atoms with Gasteiger partial charge in [-0.3, -0.25) is 0 Å². The standard InChI is InChI=1S/C15H20O/c1-13(14(2)16)9-5-3-6-10-15-11-7-4-8-12-15/h3-8,10-14,16H,9H2,1-2H3. The fourth-order valence-corrected chi connectivity index (χ4v) is 1.30. The molecule has 0 aromatic heterocycles. The largest absolute Gasteiger partial charge is 0.393 e. The molecule has 1 rings (SSSR count). The highest BCUT2D eigenvalue weighted by Gasteiger charge is 2.04. The SMILES string of the molecule is CC(O)C(C)CC=CC=Cc1ccccc1. The number of hydrogen-bond donors (Lipinski definition) is 1. The molecule has 1 nitrogen and oxygen atoms in total. The van der Waals surface area contributed by atoms with E-state index in [-0.39, 0.29) is 6.10 Å². The molecule has 2 unspecified atom stereocenters. The van der Waals surface area contributed by atoms with Gasteiger partial charge in [0.2, 0.25) is 0 Å². The number of benzene rings is 1. The maximum absolute atomic E-state index is 9.30. The molecule has 1 aromatic carbocycles. The second kappa shape index (κ2) is 7.02. The van der Waals surface area contributed by atoms with Crippen LogP contribution >= 0.6 is 0 Å². The van der Waals surface area contributed by atoms with Crippen molar-refractivity contribution in [3.8, 4) is 0 Å². The van der Waals surface area contributed by atoms with E-state index in [1.165, 1.54) is 5.56 Å². The number of allylic oxidation sites excluding steroid dienone is 3. The van der Waals surface area contributed by atoms with E-state index in [0.717, 1.165) is 6.42 Å². The van der Waals surface area contributed by atoms with Crippen LogP contribution in [0.3, 0.4) is 0 Å². The minimum absolute atomic E-state index is 0.234. The van der Waals surface area contributed by atoms with Crippen LogP contribution in [0.25, 0.3) is 6.08 Å². The Bertz CT molecular complexity index is 336. The van der Waals surface area contributed by atoms with Crippen molar-refractivity contribution in [1.82, 2.24) is 0 Å². The van der Waals surface area contributed by atoms with E-state index >= 15 is 0 Å². The fraction of sp³-hybridized carbons (Fsp3) is 0.333. The second-order valence-corrected chi connectivity index (χ2v) is 4.15. The normalized spacial score (nSPS) is 15.7. The quantitative estimate of drug-likeness (QED) is 0.745. The van der Waals surface area contributed by atoms with Crippen molar-refractivity contribution in [3.05, 3.63) is 54.1 Å². The van der Waals surface area contributed by atoms with Gasteiger partial charge in [0.15, 0.2) is 0 Å². The van der Waals surface area contributed by atoms with Gasteiger partial charge in [0.25, 0.3) is 0 Å². The monoisotopic (exact) mass is 216 g/mol. The molecule has 0 aliphatic carbocycles. The predicted octanol–water partition coefficient (Wildman–Crippen LogP) is 3.66. The van der Waals surface area contributed by atoms with E-state index in [1.807, 2.05) is 37.3 Å². The van der Waals surface area contributed by atoms with Crippen LogP contribution < -0.4 is 0 Å². The summed E-state index contributed by atoms with van der Waals surface area (Å²) in [4.78, 5) is 0. The first-order chi connectivity index (χ1) is 7.70. The molecule has 0 radical (unpaired) electrons. The lowest BCUT2D eigenvalue weighted by atomic mass is 10.0. The first kappa shape index (κ1) is 12.7. The third-order valence-corrected chi connectivity index (χ3v) is 2.67. The summed E-state index contributed by atoms with van der Waals surface area (Å²) in [5, 5.41) is 9.30. The third-order valence-electron chi connectivity index (χ3n) is 2.67. The van der Waals surface area contributed by atoms with Crippen LogP contribution in [-0.2, 0) is 0 Å². The van der Waals surface area contributed by atoms with Crippen molar-refractivity contribution in [1.29, 1.82) is 0 Å². The maximum Gasteiger partial charge on any atom is 0.0540 e. The molecule has 1 N–H and O–H groups in total. The van der Waals surface area contributed by atoms with Crippen molar-refractivity contribution in [2.45, 2.75) is 26.4 Å². The molecule has 0 aliphatic heterocycles. The van der Waals surface area contributed by atoms with Crippen LogP contribution in [0.15, 0.2) is 48.6 Å². The summed E-state index contributed by atoms with van der Waals surface area (Å²) in [5.41, 5.74) is 1.20. The average molecular weight is 216 g/mol. The summed E-state index contributed by atoms with van der Waals surface area (Å²) in [7, 11) is 0. The molecule has 0 saturated heterocycles. The molecular weight excluding hydrogens is 196 g/mol. The van der Waals surface area contributed by atoms with Crippen molar-refractivity contribution < 1.29 is 5.11 Å². The van der Waals surface area contributed by atoms with Crippen molar-refractivity contribution >= 4 is 6.08 Å². The molecule has 2 atom stereocenters. The zero-order chi connectivity index (χ0) is 11.8. The number of aliphatic hydroxyl groups is 1. The molecule has 1 heteroatoms. The first-order valence-corrected chi connectivity index (χ1v) is 5.76. The lowest BCUT2D eigenvalue weighted by Crippen LogP contribution is -2.11. The average Bonchev–Trinajstić information content (AvgIpc) is 2.29. The molecule has 0 heterocycles. The molecule has 0 saturated carbocycles. The Labute approximate surface area is 98.1 Å². The minimum atomic E-state index is -0.234. The highest BCUT2D eigenvalue weighted by molar-refractivity contribution is 5.50. The van der Waals surface area contributed by atoms with Gasteiger partial charge in [-0.05, 0) is 24.8 Å². The maximum atomic E-state index is 9.30. The smallest absolute Gasteiger partial charge is 0.0540 e. The number of aliphatic hydroxyl groups excluding tert-OH is 1. The van der Waals surface area contributed by atoms with E-state index in [2.05, 4.69) is 31.2 Å². The molecule has 1 aromatic rings. The Morgan fingerprint density at radius 1 is 1.12 bits per heavy atom. The van der Waals surface area contributed by atoms with E-state index in [1.54, 1.807) is 0 Å². The minimum Gasteiger partial charge on any atom is -0.393 e. The zero-order valence-electron chi connectivity index (χ0n) is 10.0. The van der Waals surface area contributed by atoms with E-state index in [0.29, 0.717) is 5.92 Å². The second-order valence-electron chi connectivity index (χ2n) is 4.15. The van der Waals surface area contributed by atoms with E-state index < -0.39 is 0 Å². The fourth-order valence-electron chi connectivity index (χ4n) is 1.30. The molecule has 16 heavy (non-hydrogen) atoms. The summed E-state index contributed by atoms with van der Waals surface area (Å²) in [5.74, 6) is 0.321. The third kappa shape index (κ3) is 4.94. The van der Waals surface area contributed by atoms with Gasteiger partial charge in [-0.25, -0.2) is 0 Å². The number of hydrogen-bond acceptors (Lipinski definition) is 1. The Morgan fingerprint density at radius 3 is 2.44 bits per heavy atom. The van der Waals surface area contributed by atoms with E-state index in [4.69, 9.17) is 0 Å². The van der Waals surface area contributed by atoms with Crippen LogP contribution in [0.5, 0.6) is 0 Å². The Hall–Kier alpha value is -1.34. The summed E-state index contributed by atoms with van der Waals surface area (Å²) >= 11 is 0. The highest BCUT2D eigenvalue weighted by Crippen LogP contribution is 2.08. The molecule has 0 bridgehead atoms. The van der Waals surface area contributed by atoms with Crippen molar-refractivity contribution in [2.75, 3.05) is 0 Å². The molecule has 86 valence electrons. The predicted molar refractivity (Wildman–Crippen MR) is 70.1 cm³/mol. The van der Waals surface area contributed by atoms with Gasteiger partial charge in [0.05, 0.1) is 6.10 Å². The zero-order valence-corrected chi connectivity index (χ0v) is 10.0. The van der Waals surface area contributed by atoms with Gasteiger partial charge in [-0.2, -0.15) is 0 Å². The molecular formula is C15H20O. The van der Waals surface area contributed by atoms with Gasteiger partial charge in [-0.1, -0.05) is 61.6 Å². The van der Waals surface area contributed by atoms with Crippen LogP contribution in [0.1, 0.15) is 25.8 Å². The summed E-state index contributed by atoms with van der Waals surface area (Å²) < 4.78 is 0. The Kier molecular flexibility index (Phi) is 5.58. The molecule has 0 fully saturated rings. The summed E-state index contributed by atoms with van der Waals surface area (Å²) in [6.07, 6.45) is 8.91. The van der Waals surface area contributed by atoms with Gasteiger partial charge in [0.1, 0.15) is 0 Å². The topological polar surface area (TPSA) is 20.2 Å². The van der Waals surface area contributed by atoms with Crippen molar-refractivity contribution in [3.63, 3.8) is 0 Å². The van der Waals surface area contributed by atoms with Gasteiger partial charge in [0, 0.05) is 0 Å². The Balaban J connectivity index is 2.35. The highest BCUT2D eigenvalue weighted by atomic mass is 16.3. The summed E-state index contributed by atoms with van der Waals surface area (Å²) in [6.45, 7) is 3.88. The molecule has 0 amide bonds. The van der Waals surface area contributed by atoms with Gasteiger partial charge >= 0.3 is 0 Å². The Morgan fingerprint density at radius 2 is 1.81 bits per heavy atom. The summed E-state index contributed by atoms with van der Waals surface area (Å²) in [6, 6.07) is 10.2.